The van der Waals surface area contributed by atoms with Gasteiger partial charge in [0.05, 0.1) is 0 Å². The zero-order valence-corrected chi connectivity index (χ0v) is 9.93. The summed E-state index contributed by atoms with van der Waals surface area (Å²) in [6.45, 7) is 5.09. The summed E-state index contributed by atoms with van der Waals surface area (Å²) in [7, 11) is 0. The summed E-state index contributed by atoms with van der Waals surface area (Å²) < 4.78 is 0. The summed E-state index contributed by atoms with van der Waals surface area (Å²) in [5, 5.41) is 2.97. The van der Waals surface area contributed by atoms with Gasteiger partial charge in [-0.3, -0.25) is 4.79 Å². The zero-order valence-electron chi connectivity index (χ0n) is 8.35. The van der Waals surface area contributed by atoms with Crippen LogP contribution in [0.5, 0.6) is 0 Å². The Morgan fingerprint density at radius 2 is 2.31 bits per heavy atom. The molecule has 0 radical (unpaired) electrons. The summed E-state index contributed by atoms with van der Waals surface area (Å²) in [6.07, 6.45) is 3.28. The molecule has 1 rings (SSSR count). The lowest BCUT2D eigenvalue weighted by Crippen LogP contribution is -2.26. The van der Waals surface area contributed by atoms with Crippen molar-refractivity contribution in [2.24, 2.45) is 11.8 Å². The van der Waals surface area contributed by atoms with Crippen LogP contribution in [0, 0.1) is 11.8 Å². The van der Waals surface area contributed by atoms with Crippen LogP contribution in [0.2, 0.25) is 0 Å². The third kappa shape index (κ3) is 4.12. The topological polar surface area (TPSA) is 29.1 Å². The number of carbonyl (C=O) groups is 1. The Bertz CT molecular complexity index is 182. The van der Waals surface area contributed by atoms with E-state index >= 15 is 0 Å². The second kappa shape index (κ2) is 4.99. The molecule has 1 aliphatic rings. The average Bonchev–Trinajstić information content (AvgIpc) is 2.75. The second-order valence-electron chi connectivity index (χ2n) is 4.03. The van der Waals surface area contributed by atoms with Gasteiger partial charge >= 0.3 is 0 Å². The summed E-state index contributed by atoms with van der Waals surface area (Å²) in [4.78, 5) is 11.9. The lowest BCUT2D eigenvalue weighted by atomic mass is 10.2. The van der Waals surface area contributed by atoms with Crippen molar-refractivity contribution in [1.29, 1.82) is 0 Å². The lowest BCUT2D eigenvalue weighted by Gasteiger charge is -2.05. The predicted octanol–water partition coefficient (Wildman–Crippen LogP) is 2.32. The molecule has 0 aliphatic heterocycles. The molecule has 1 fully saturated rings. The van der Waals surface area contributed by atoms with Crippen molar-refractivity contribution in [3.8, 4) is 0 Å². The molecule has 0 aromatic carbocycles. The Morgan fingerprint density at radius 3 is 2.77 bits per heavy atom. The van der Waals surface area contributed by atoms with Gasteiger partial charge in [0.15, 0.2) is 0 Å². The van der Waals surface area contributed by atoms with Crippen LogP contribution in [-0.2, 0) is 4.79 Å². The second-order valence-corrected chi connectivity index (χ2v) is 5.60. The molecular formula is C10H18BrNO. The van der Waals surface area contributed by atoms with E-state index in [1.807, 2.05) is 0 Å². The Kier molecular flexibility index (Phi) is 4.23. The largest absolute Gasteiger partial charge is 0.356 e. The van der Waals surface area contributed by atoms with E-state index in [1.54, 1.807) is 0 Å². The lowest BCUT2D eigenvalue weighted by molar-refractivity contribution is -0.122. The van der Waals surface area contributed by atoms with E-state index < -0.39 is 0 Å². The van der Waals surface area contributed by atoms with E-state index in [0.717, 1.165) is 25.8 Å². The van der Waals surface area contributed by atoms with Gasteiger partial charge in [0.2, 0.25) is 5.91 Å². The molecule has 76 valence electrons. The molecule has 0 heterocycles. The molecule has 0 aromatic rings. The predicted molar refractivity (Wildman–Crippen MR) is 57.9 cm³/mol. The van der Waals surface area contributed by atoms with Crippen LogP contribution in [0.1, 0.15) is 33.1 Å². The van der Waals surface area contributed by atoms with Gasteiger partial charge in [0.25, 0.3) is 0 Å². The minimum Gasteiger partial charge on any atom is -0.356 e. The highest BCUT2D eigenvalue weighted by Gasteiger charge is 2.38. The van der Waals surface area contributed by atoms with Crippen molar-refractivity contribution in [3.05, 3.63) is 0 Å². The van der Waals surface area contributed by atoms with Crippen molar-refractivity contribution in [1.82, 2.24) is 5.32 Å². The van der Waals surface area contributed by atoms with Crippen molar-refractivity contribution in [2.75, 3.05) is 6.54 Å². The Hall–Kier alpha value is -0.0500. The first-order valence-corrected chi connectivity index (χ1v) is 5.94. The number of rotatable bonds is 5. The Balaban J connectivity index is 1.97. The normalized spacial score (nSPS) is 28.2. The molecule has 0 spiro atoms. The van der Waals surface area contributed by atoms with E-state index in [-0.39, 0.29) is 5.91 Å². The number of hydrogen-bond acceptors (Lipinski definition) is 1. The molecular weight excluding hydrogens is 230 g/mol. The first-order chi connectivity index (χ1) is 6.11. The van der Waals surface area contributed by atoms with Gasteiger partial charge in [-0.2, -0.15) is 0 Å². The molecule has 0 bridgehead atoms. The quantitative estimate of drug-likeness (QED) is 0.587. The van der Waals surface area contributed by atoms with Crippen LogP contribution in [0.4, 0.5) is 0 Å². The van der Waals surface area contributed by atoms with Crippen molar-refractivity contribution in [2.45, 2.75) is 37.9 Å². The fraction of sp³-hybridized carbons (Fsp3) is 0.900. The molecule has 1 amide bonds. The molecule has 2 nitrogen and oxygen atoms in total. The number of halogens is 1. The van der Waals surface area contributed by atoms with Crippen LogP contribution >= 0.6 is 15.9 Å². The van der Waals surface area contributed by atoms with Crippen LogP contribution in [0.25, 0.3) is 0 Å². The van der Waals surface area contributed by atoms with E-state index in [0.29, 0.717) is 16.7 Å². The first-order valence-electron chi connectivity index (χ1n) is 5.03. The van der Waals surface area contributed by atoms with Gasteiger partial charge in [-0.1, -0.05) is 29.8 Å². The Labute approximate surface area is 88.6 Å². The number of nitrogens with one attached hydrogen (secondary N) is 1. The average molecular weight is 248 g/mol. The van der Waals surface area contributed by atoms with Crippen molar-refractivity contribution >= 4 is 21.8 Å². The fourth-order valence-electron chi connectivity index (χ4n) is 1.41. The van der Waals surface area contributed by atoms with Crippen LogP contribution in [0.15, 0.2) is 0 Å². The smallest absolute Gasteiger partial charge is 0.223 e. The molecule has 3 unspecified atom stereocenters. The van der Waals surface area contributed by atoms with Crippen LogP contribution in [0.3, 0.4) is 0 Å². The van der Waals surface area contributed by atoms with E-state index in [1.165, 1.54) is 0 Å². The van der Waals surface area contributed by atoms with Gasteiger partial charge in [0, 0.05) is 17.3 Å². The maximum atomic E-state index is 11.3. The highest BCUT2D eigenvalue weighted by Crippen LogP contribution is 2.37. The first kappa shape index (κ1) is 11.0. The SMILES string of the molecule is CC(Br)CCCNC(=O)C1CC1C. The molecule has 3 atom stereocenters. The maximum absolute atomic E-state index is 11.3. The molecule has 0 aromatic heterocycles. The molecule has 1 N–H and O–H groups in total. The zero-order chi connectivity index (χ0) is 9.84. The van der Waals surface area contributed by atoms with Crippen molar-refractivity contribution < 1.29 is 4.79 Å². The summed E-state index contributed by atoms with van der Waals surface area (Å²) in [6, 6.07) is 0. The van der Waals surface area contributed by atoms with Gasteiger partial charge in [0.1, 0.15) is 0 Å². The molecule has 1 saturated carbocycles. The van der Waals surface area contributed by atoms with Gasteiger partial charge in [-0.15, -0.1) is 0 Å². The summed E-state index contributed by atoms with van der Waals surface area (Å²) in [5.74, 6) is 1.20. The maximum Gasteiger partial charge on any atom is 0.223 e. The van der Waals surface area contributed by atoms with E-state index in [9.17, 15) is 4.79 Å². The Morgan fingerprint density at radius 1 is 1.69 bits per heavy atom. The third-order valence-corrected chi connectivity index (χ3v) is 2.98. The number of alkyl halides is 1. The summed E-state index contributed by atoms with van der Waals surface area (Å²) in [5.41, 5.74) is 0. The molecule has 3 heteroatoms. The number of amides is 1. The minimum atomic E-state index is 0.259. The minimum absolute atomic E-state index is 0.259. The van der Waals surface area contributed by atoms with Crippen LogP contribution in [-0.4, -0.2) is 17.3 Å². The van der Waals surface area contributed by atoms with Crippen LogP contribution < -0.4 is 5.32 Å². The van der Waals surface area contributed by atoms with Gasteiger partial charge < -0.3 is 5.32 Å². The number of hydrogen-bond donors (Lipinski definition) is 1. The number of carbonyl (C=O) groups excluding carboxylic acids is 1. The fourth-order valence-corrected chi connectivity index (χ4v) is 1.74. The highest BCUT2D eigenvalue weighted by atomic mass is 79.9. The van der Waals surface area contributed by atoms with Gasteiger partial charge in [-0.05, 0) is 25.2 Å². The van der Waals surface area contributed by atoms with Crippen molar-refractivity contribution in [3.63, 3.8) is 0 Å². The highest BCUT2D eigenvalue weighted by molar-refractivity contribution is 9.09. The molecule has 13 heavy (non-hydrogen) atoms. The standard InChI is InChI=1S/C10H18BrNO/c1-7-6-9(7)10(13)12-5-3-4-8(2)11/h7-9H,3-6H2,1-2H3,(H,12,13). The monoisotopic (exact) mass is 247 g/mol. The molecule has 0 saturated heterocycles. The van der Waals surface area contributed by atoms with E-state index in [4.69, 9.17) is 0 Å². The summed E-state index contributed by atoms with van der Waals surface area (Å²) >= 11 is 3.48. The molecule has 1 aliphatic carbocycles. The van der Waals surface area contributed by atoms with Gasteiger partial charge in [-0.25, -0.2) is 0 Å². The third-order valence-electron chi connectivity index (χ3n) is 2.52. The van der Waals surface area contributed by atoms with E-state index in [2.05, 4.69) is 35.1 Å².